The first-order chi connectivity index (χ1) is 4.20. The molecule has 0 saturated heterocycles. The number of carbonyl (C=O) groups excluding carboxylic acids is 1. The number of amides is 1. The Morgan fingerprint density at radius 3 is 2.67 bits per heavy atom. The summed E-state index contributed by atoms with van der Waals surface area (Å²) in [5.74, 6) is 0. The van der Waals surface area contributed by atoms with Gasteiger partial charge in [0, 0.05) is 6.04 Å². The summed E-state index contributed by atoms with van der Waals surface area (Å²) in [7, 11) is 1.36. The first-order valence-corrected chi connectivity index (χ1v) is 3.05. The Labute approximate surface area is 55.4 Å². The summed E-state index contributed by atoms with van der Waals surface area (Å²) in [5.41, 5.74) is 0. The van der Waals surface area contributed by atoms with Crippen LogP contribution in [0.5, 0.6) is 0 Å². The average Bonchev–Trinajstić information content (AvgIpc) is 1.87. The van der Waals surface area contributed by atoms with E-state index >= 15 is 0 Å². The molecule has 1 unspecified atom stereocenters. The van der Waals surface area contributed by atoms with Crippen LogP contribution in [-0.4, -0.2) is 19.2 Å². The molecule has 0 aliphatic carbocycles. The third-order valence-corrected chi connectivity index (χ3v) is 1.16. The fourth-order valence-corrected chi connectivity index (χ4v) is 0.362. The molecule has 0 spiro atoms. The Balaban J connectivity index is 3.34. The van der Waals surface area contributed by atoms with Crippen LogP contribution in [0.3, 0.4) is 0 Å². The number of alkyl carbamates (subject to hydrolysis) is 1. The molecule has 1 atom stereocenters. The maximum Gasteiger partial charge on any atom is 0.407 e. The molecule has 0 aliphatic rings. The molecule has 3 nitrogen and oxygen atoms in total. The van der Waals surface area contributed by atoms with E-state index < -0.39 is 0 Å². The first kappa shape index (κ1) is 8.27. The van der Waals surface area contributed by atoms with Gasteiger partial charge in [0.2, 0.25) is 0 Å². The predicted octanol–water partition coefficient (Wildman–Crippen LogP) is 1.14. The number of methoxy groups -OCH3 is 1. The largest absolute Gasteiger partial charge is 0.453 e. The maximum atomic E-state index is 10.4. The van der Waals surface area contributed by atoms with Crippen molar-refractivity contribution < 1.29 is 9.53 Å². The molecule has 54 valence electrons. The third-order valence-electron chi connectivity index (χ3n) is 1.16. The SMILES string of the molecule is CCC(C)NC(=O)OC. The molecule has 9 heavy (non-hydrogen) atoms. The van der Waals surface area contributed by atoms with Gasteiger partial charge in [-0.25, -0.2) is 4.79 Å². The highest BCUT2D eigenvalue weighted by Crippen LogP contribution is 1.87. The quantitative estimate of drug-likeness (QED) is 0.610. The van der Waals surface area contributed by atoms with Crippen LogP contribution in [0.2, 0.25) is 0 Å². The lowest BCUT2D eigenvalue weighted by Gasteiger charge is -2.08. The van der Waals surface area contributed by atoms with Gasteiger partial charge in [-0.1, -0.05) is 6.92 Å². The smallest absolute Gasteiger partial charge is 0.407 e. The lowest BCUT2D eigenvalue weighted by molar-refractivity contribution is 0.167. The first-order valence-electron chi connectivity index (χ1n) is 3.05. The van der Waals surface area contributed by atoms with E-state index in [1.807, 2.05) is 13.8 Å². The Hall–Kier alpha value is -0.730. The summed E-state index contributed by atoms with van der Waals surface area (Å²) in [4.78, 5) is 10.4. The van der Waals surface area contributed by atoms with E-state index in [9.17, 15) is 4.79 Å². The van der Waals surface area contributed by atoms with Gasteiger partial charge in [0.25, 0.3) is 0 Å². The fourth-order valence-electron chi connectivity index (χ4n) is 0.362. The van der Waals surface area contributed by atoms with Gasteiger partial charge < -0.3 is 10.1 Å². The Morgan fingerprint density at radius 2 is 2.33 bits per heavy atom. The lowest BCUT2D eigenvalue weighted by atomic mass is 10.3. The topological polar surface area (TPSA) is 38.3 Å². The van der Waals surface area contributed by atoms with Gasteiger partial charge in [0.1, 0.15) is 0 Å². The monoisotopic (exact) mass is 131 g/mol. The molecule has 1 amide bonds. The maximum absolute atomic E-state index is 10.4. The van der Waals surface area contributed by atoms with Crippen LogP contribution in [0.15, 0.2) is 0 Å². The Bertz CT molecular complexity index is 93.1. The number of rotatable bonds is 2. The average molecular weight is 131 g/mol. The summed E-state index contributed by atoms with van der Waals surface area (Å²) in [6.07, 6.45) is 0.569. The van der Waals surface area contributed by atoms with Crippen molar-refractivity contribution in [2.24, 2.45) is 0 Å². The fraction of sp³-hybridized carbons (Fsp3) is 0.833. The molecule has 0 aromatic heterocycles. The summed E-state index contributed by atoms with van der Waals surface area (Å²) in [6.45, 7) is 3.93. The van der Waals surface area contributed by atoms with E-state index in [4.69, 9.17) is 0 Å². The van der Waals surface area contributed by atoms with Crippen molar-refractivity contribution in [3.63, 3.8) is 0 Å². The highest BCUT2D eigenvalue weighted by atomic mass is 16.5. The second kappa shape index (κ2) is 4.18. The molecule has 0 aliphatic heterocycles. The Kier molecular flexibility index (Phi) is 3.84. The van der Waals surface area contributed by atoms with Crippen molar-refractivity contribution in [2.45, 2.75) is 26.3 Å². The van der Waals surface area contributed by atoms with Crippen LogP contribution in [0.25, 0.3) is 0 Å². The number of ether oxygens (including phenoxy) is 1. The standard InChI is InChI=1S/C6H13NO2/c1-4-5(2)7-6(8)9-3/h5H,4H2,1-3H3,(H,7,8). The minimum absolute atomic E-state index is 0.206. The number of carbonyl (C=O) groups is 1. The van der Waals surface area contributed by atoms with Crippen molar-refractivity contribution in [1.82, 2.24) is 5.32 Å². The molecule has 1 N–H and O–H groups in total. The zero-order chi connectivity index (χ0) is 7.28. The summed E-state index contributed by atoms with van der Waals surface area (Å²) in [5, 5.41) is 2.62. The molecular weight excluding hydrogens is 118 g/mol. The van der Waals surface area contributed by atoms with E-state index in [1.54, 1.807) is 0 Å². The molecule has 0 bridgehead atoms. The second-order valence-electron chi connectivity index (χ2n) is 1.95. The minimum atomic E-state index is -0.357. The van der Waals surface area contributed by atoms with E-state index in [1.165, 1.54) is 7.11 Å². The molecule has 0 heterocycles. The Morgan fingerprint density at radius 1 is 1.78 bits per heavy atom. The molecule has 3 heteroatoms. The van der Waals surface area contributed by atoms with Crippen LogP contribution in [0.1, 0.15) is 20.3 Å². The van der Waals surface area contributed by atoms with Gasteiger partial charge in [-0.3, -0.25) is 0 Å². The van der Waals surface area contributed by atoms with E-state index in [0.29, 0.717) is 0 Å². The van der Waals surface area contributed by atoms with Crippen LogP contribution >= 0.6 is 0 Å². The molecular formula is C6H13NO2. The van der Waals surface area contributed by atoms with E-state index in [-0.39, 0.29) is 12.1 Å². The van der Waals surface area contributed by atoms with Gasteiger partial charge in [0.15, 0.2) is 0 Å². The molecule has 0 radical (unpaired) electrons. The van der Waals surface area contributed by atoms with Gasteiger partial charge >= 0.3 is 6.09 Å². The summed E-state index contributed by atoms with van der Waals surface area (Å²) in [6, 6.07) is 0.206. The van der Waals surface area contributed by atoms with Gasteiger partial charge in [-0.15, -0.1) is 0 Å². The van der Waals surface area contributed by atoms with Crippen LogP contribution in [0.4, 0.5) is 4.79 Å². The van der Waals surface area contributed by atoms with Crippen molar-refractivity contribution in [3.05, 3.63) is 0 Å². The molecule has 0 fully saturated rings. The minimum Gasteiger partial charge on any atom is -0.453 e. The van der Waals surface area contributed by atoms with Crippen LogP contribution < -0.4 is 5.32 Å². The zero-order valence-electron chi connectivity index (χ0n) is 6.10. The number of hydrogen-bond donors (Lipinski definition) is 1. The van der Waals surface area contributed by atoms with Gasteiger partial charge in [-0.2, -0.15) is 0 Å². The summed E-state index contributed by atoms with van der Waals surface area (Å²) < 4.78 is 4.37. The molecule has 0 rings (SSSR count). The van der Waals surface area contributed by atoms with Crippen molar-refractivity contribution in [2.75, 3.05) is 7.11 Å². The number of hydrogen-bond acceptors (Lipinski definition) is 2. The van der Waals surface area contributed by atoms with Gasteiger partial charge in [0.05, 0.1) is 7.11 Å². The highest BCUT2D eigenvalue weighted by Gasteiger charge is 2.01. The number of nitrogens with one attached hydrogen (secondary N) is 1. The van der Waals surface area contributed by atoms with E-state index in [2.05, 4.69) is 10.1 Å². The van der Waals surface area contributed by atoms with Crippen molar-refractivity contribution >= 4 is 6.09 Å². The highest BCUT2D eigenvalue weighted by molar-refractivity contribution is 5.67. The normalized spacial score (nSPS) is 12.3. The third kappa shape index (κ3) is 3.82. The zero-order valence-corrected chi connectivity index (χ0v) is 6.10. The summed E-state index contributed by atoms with van der Waals surface area (Å²) >= 11 is 0. The van der Waals surface area contributed by atoms with Crippen LogP contribution in [-0.2, 0) is 4.74 Å². The lowest BCUT2D eigenvalue weighted by Crippen LogP contribution is -2.31. The molecule has 0 aromatic carbocycles. The van der Waals surface area contributed by atoms with Crippen molar-refractivity contribution in [3.8, 4) is 0 Å². The molecule has 0 saturated carbocycles. The van der Waals surface area contributed by atoms with Crippen LogP contribution in [0, 0.1) is 0 Å². The second-order valence-corrected chi connectivity index (χ2v) is 1.95. The predicted molar refractivity (Wildman–Crippen MR) is 35.3 cm³/mol. The molecule has 0 aromatic rings. The van der Waals surface area contributed by atoms with E-state index in [0.717, 1.165) is 6.42 Å². The van der Waals surface area contributed by atoms with Gasteiger partial charge in [-0.05, 0) is 13.3 Å². The van der Waals surface area contributed by atoms with Crippen molar-refractivity contribution in [1.29, 1.82) is 0 Å².